The Bertz CT molecular complexity index is 590. The predicted octanol–water partition coefficient (Wildman–Crippen LogP) is -0.378. The second kappa shape index (κ2) is 7.97. The minimum atomic E-state index is -3.55. The highest BCUT2D eigenvalue weighted by molar-refractivity contribution is 7.89. The molecule has 0 aliphatic heterocycles. The van der Waals surface area contributed by atoms with Crippen LogP contribution in [0.25, 0.3) is 0 Å². The van der Waals surface area contributed by atoms with Crippen molar-refractivity contribution in [2.75, 3.05) is 33.2 Å². The van der Waals surface area contributed by atoms with E-state index in [4.69, 9.17) is 5.73 Å². The van der Waals surface area contributed by atoms with E-state index in [0.717, 1.165) is 6.54 Å². The number of nitrogens with two attached hydrogens (primary N) is 1. The Morgan fingerprint density at radius 1 is 1.45 bits per heavy atom. The Hall–Kier alpha value is -1.46. The fraction of sp³-hybridized carbons (Fsp3) is 0.462. The largest absolute Gasteiger partial charge is 0.320 e. The molecule has 0 aliphatic rings. The summed E-state index contributed by atoms with van der Waals surface area (Å²) in [6.45, 7) is 4.10. The molecule has 7 heteroatoms. The van der Waals surface area contributed by atoms with Crippen molar-refractivity contribution in [1.82, 2.24) is 14.6 Å². The van der Waals surface area contributed by atoms with Gasteiger partial charge in [-0.05, 0) is 19.7 Å². The second-order valence-corrected chi connectivity index (χ2v) is 5.98. The molecule has 1 heterocycles. The summed E-state index contributed by atoms with van der Waals surface area (Å²) < 4.78 is 26.7. The van der Waals surface area contributed by atoms with Crippen molar-refractivity contribution < 1.29 is 8.42 Å². The Labute approximate surface area is 120 Å². The number of nitrogens with zero attached hydrogens (tertiary/aromatic N) is 2. The maximum atomic E-state index is 12.1. The van der Waals surface area contributed by atoms with Gasteiger partial charge < -0.3 is 10.6 Å². The normalized spacial score (nSPS) is 11.2. The maximum absolute atomic E-state index is 12.1. The molecular weight excluding hydrogens is 276 g/mol. The molecule has 0 bridgehead atoms. The van der Waals surface area contributed by atoms with Crippen molar-refractivity contribution in [3.63, 3.8) is 0 Å². The number of sulfonamides is 1. The Morgan fingerprint density at radius 3 is 2.85 bits per heavy atom. The highest BCUT2D eigenvalue weighted by atomic mass is 32.2. The van der Waals surface area contributed by atoms with Crippen LogP contribution in [-0.2, 0) is 10.0 Å². The quantitative estimate of drug-likeness (QED) is 0.699. The molecular formula is C13H20N4O2S. The number of aromatic nitrogens is 1. The van der Waals surface area contributed by atoms with Crippen LogP contribution in [0.3, 0.4) is 0 Å². The first-order valence-electron chi connectivity index (χ1n) is 6.31. The van der Waals surface area contributed by atoms with Crippen molar-refractivity contribution in [2.45, 2.75) is 11.8 Å². The molecule has 0 atom stereocenters. The molecule has 0 aliphatic carbocycles. The van der Waals surface area contributed by atoms with Gasteiger partial charge in [0.15, 0.2) is 0 Å². The molecule has 0 saturated heterocycles. The van der Waals surface area contributed by atoms with Crippen LogP contribution in [0.15, 0.2) is 23.4 Å². The van der Waals surface area contributed by atoms with Gasteiger partial charge in [-0.15, -0.1) is 0 Å². The van der Waals surface area contributed by atoms with Crippen LogP contribution in [-0.4, -0.2) is 51.5 Å². The van der Waals surface area contributed by atoms with Crippen molar-refractivity contribution in [2.24, 2.45) is 5.73 Å². The lowest BCUT2D eigenvalue weighted by Crippen LogP contribution is -2.33. The van der Waals surface area contributed by atoms with E-state index in [1.807, 2.05) is 18.9 Å². The number of rotatable bonds is 6. The number of pyridine rings is 1. The first-order valence-corrected chi connectivity index (χ1v) is 7.80. The van der Waals surface area contributed by atoms with E-state index in [2.05, 4.69) is 21.5 Å². The highest BCUT2D eigenvalue weighted by Crippen LogP contribution is 2.08. The molecule has 1 rings (SSSR count). The molecule has 0 unspecified atom stereocenters. The van der Waals surface area contributed by atoms with Crippen molar-refractivity contribution in [1.29, 1.82) is 0 Å². The summed E-state index contributed by atoms with van der Waals surface area (Å²) in [5.41, 5.74) is 5.81. The van der Waals surface area contributed by atoms with Crippen molar-refractivity contribution in [3.8, 4) is 11.8 Å². The Kier molecular flexibility index (Phi) is 6.61. The lowest BCUT2D eigenvalue weighted by atomic mass is 10.3. The van der Waals surface area contributed by atoms with Gasteiger partial charge in [-0.3, -0.25) is 4.98 Å². The van der Waals surface area contributed by atoms with E-state index in [1.54, 1.807) is 0 Å². The SMILES string of the molecule is CCN(C)CCNS(=O)(=O)c1cncc(C#CCN)c1. The minimum absolute atomic E-state index is 0.112. The first-order chi connectivity index (χ1) is 9.49. The zero-order valence-corrected chi connectivity index (χ0v) is 12.6. The van der Waals surface area contributed by atoms with Gasteiger partial charge in [-0.1, -0.05) is 18.8 Å². The standard InChI is InChI=1S/C13H20N4O2S/c1-3-17(2)8-7-16-20(18,19)13-9-12(5-4-6-14)10-15-11-13/h9-11,16H,3,6-8,14H2,1-2H3. The molecule has 0 radical (unpaired) electrons. The van der Waals surface area contributed by atoms with Crippen LogP contribution in [0.5, 0.6) is 0 Å². The number of hydrogen-bond acceptors (Lipinski definition) is 5. The molecule has 20 heavy (non-hydrogen) atoms. The van der Waals surface area contributed by atoms with Crippen molar-refractivity contribution in [3.05, 3.63) is 24.0 Å². The summed E-state index contributed by atoms with van der Waals surface area (Å²) in [4.78, 5) is 6.02. The molecule has 1 aromatic rings. The molecule has 6 nitrogen and oxygen atoms in total. The lowest BCUT2D eigenvalue weighted by molar-refractivity contribution is 0.358. The van der Waals surface area contributed by atoms with Gasteiger partial charge in [0, 0.05) is 31.0 Å². The van der Waals surface area contributed by atoms with Crippen molar-refractivity contribution >= 4 is 10.0 Å². The average molecular weight is 296 g/mol. The van der Waals surface area contributed by atoms with E-state index in [9.17, 15) is 8.42 Å². The maximum Gasteiger partial charge on any atom is 0.242 e. The molecule has 0 aromatic carbocycles. The van der Waals surface area contributed by atoms with Crippen LogP contribution in [0.4, 0.5) is 0 Å². The van der Waals surface area contributed by atoms with Crippen LogP contribution in [0.2, 0.25) is 0 Å². The van der Waals surface area contributed by atoms with E-state index < -0.39 is 10.0 Å². The fourth-order valence-electron chi connectivity index (χ4n) is 1.40. The zero-order chi connectivity index (χ0) is 15.0. The van der Waals surface area contributed by atoms with E-state index in [0.29, 0.717) is 18.7 Å². The highest BCUT2D eigenvalue weighted by Gasteiger charge is 2.14. The summed E-state index contributed by atoms with van der Waals surface area (Å²) >= 11 is 0. The molecule has 0 spiro atoms. The van der Waals surface area contributed by atoms with Gasteiger partial charge in [-0.25, -0.2) is 13.1 Å². The molecule has 3 N–H and O–H groups in total. The Balaban J connectivity index is 2.77. The van der Waals surface area contributed by atoms with Gasteiger partial charge >= 0.3 is 0 Å². The monoisotopic (exact) mass is 296 g/mol. The molecule has 0 saturated carbocycles. The van der Waals surface area contributed by atoms with Gasteiger partial charge in [0.1, 0.15) is 4.90 Å². The molecule has 1 aromatic heterocycles. The van der Waals surface area contributed by atoms with Gasteiger partial charge in [0.2, 0.25) is 10.0 Å². The van der Waals surface area contributed by atoms with E-state index >= 15 is 0 Å². The van der Waals surface area contributed by atoms with Crippen LogP contribution >= 0.6 is 0 Å². The smallest absolute Gasteiger partial charge is 0.242 e. The lowest BCUT2D eigenvalue weighted by Gasteiger charge is -2.14. The Morgan fingerprint density at radius 2 is 2.20 bits per heavy atom. The fourth-order valence-corrected chi connectivity index (χ4v) is 2.41. The summed E-state index contributed by atoms with van der Waals surface area (Å²) in [5.74, 6) is 5.43. The number of hydrogen-bond donors (Lipinski definition) is 2. The molecule has 110 valence electrons. The van der Waals surface area contributed by atoms with E-state index in [1.165, 1.54) is 18.5 Å². The average Bonchev–Trinajstić information content (AvgIpc) is 2.45. The van der Waals surface area contributed by atoms with Gasteiger partial charge in [0.25, 0.3) is 0 Å². The number of likely N-dealkylation sites (N-methyl/N-ethyl adjacent to an activating group) is 1. The summed E-state index contributed by atoms with van der Waals surface area (Å²) in [6.07, 6.45) is 2.81. The first kappa shape index (κ1) is 16.6. The van der Waals surface area contributed by atoms with Crippen LogP contribution in [0.1, 0.15) is 12.5 Å². The predicted molar refractivity (Wildman–Crippen MR) is 78.5 cm³/mol. The summed E-state index contributed by atoms with van der Waals surface area (Å²) in [7, 11) is -1.62. The third-order valence-corrected chi connectivity index (χ3v) is 4.11. The summed E-state index contributed by atoms with van der Waals surface area (Å²) in [5, 5.41) is 0. The van der Waals surface area contributed by atoms with Crippen LogP contribution < -0.4 is 10.5 Å². The zero-order valence-electron chi connectivity index (χ0n) is 11.8. The second-order valence-electron chi connectivity index (χ2n) is 4.21. The third-order valence-electron chi connectivity index (χ3n) is 2.68. The minimum Gasteiger partial charge on any atom is -0.320 e. The summed E-state index contributed by atoms with van der Waals surface area (Å²) in [6, 6.07) is 1.49. The third kappa shape index (κ3) is 5.27. The van der Waals surface area contributed by atoms with Gasteiger partial charge in [0.05, 0.1) is 6.54 Å². The molecule has 0 fully saturated rings. The van der Waals surface area contributed by atoms with Crippen LogP contribution in [0, 0.1) is 11.8 Å². The number of nitrogens with one attached hydrogen (secondary N) is 1. The van der Waals surface area contributed by atoms with Gasteiger partial charge in [-0.2, -0.15) is 0 Å². The van der Waals surface area contributed by atoms with E-state index in [-0.39, 0.29) is 11.4 Å². The topological polar surface area (TPSA) is 88.3 Å². The molecule has 0 amide bonds.